The normalized spacial score (nSPS) is 23.1. The minimum Gasteiger partial charge on any atom is -0.350 e. The van der Waals surface area contributed by atoms with Gasteiger partial charge in [0.05, 0.1) is 0 Å². The fourth-order valence-corrected chi connectivity index (χ4v) is 3.23. The van der Waals surface area contributed by atoms with E-state index in [9.17, 15) is 0 Å². The molecule has 1 N–H and O–H groups in total. The molecule has 1 saturated carbocycles. The highest BCUT2D eigenvalue weighted by Gasteiger charge is 2.21. The third kappa shape index (κ3) is 2.94. The summed E-state index contributed by atoms with van der Waals surface area (Å²) < 4.78 is 1.86. The molecule has 3 rings (SSSR count). The van der Waals surface area contributed by atoms with Crippen LogP contribution < -0.4 is 5.32 Å². The fourth-order valence-electron chi connectivity index (χ4n) is 3.23. The van der Waals surface area contributed by atoms with Crippen molar-refractivity contribution in [2.45, 2.75) is 58.4 Å². The maximum Gasteiger partial charge on any atom is 0.243 e. The number of rotatable bonds is 4. The van der Waals surface area contributed by atoms with Gasteiger partial charge >= 0.3 is 0 Å². The molecule has 4 nitrogen and oxygen atoms in total. The molecule has 0 bridgehead atoms. The molecule has 0 unspecified atom stereocenters. The van der Waals surface area contributed by atoms with Crippen molar-refractivity contribution in [1.29, 1.82) is 0 Å². The number of hydrogen-bond acceptors (Lipinski definition) is 3. The zero-order chi connectivity index (χ0) is 13.9. The van der Waals surface area contributed by atoms with Gasteiger partial charge in [-0.25, -0.2) is 4.52 Å². The lowest BCUT2D eigenvalue weighted by atomic mass is 9.83. The van der Waals surface area contributed by atoms with Gasteiger partial charge in [-0.3, -0.25) is 0 Å². The molecule has 2 aromatic rings. The van der Waals surface area contributed by atoms with E-state index in [2.05, 4.69) is 35.3 Å². The summed E-state index contributed by atoms with van der Waals surface area (Å²) in [6, 6.07) is 4.64. The van der Waals surface area contributed by atoms with Crippen molar-refractivity contribution in [1.82, 2.24) is 14.6 Å². The second-order valence-electron chi connectivity index (χ2n) is 6.10. The lowest BCUT2D eigenvalue weighted by molar-refractivity contribution is 0.318. The van der Waals surface area contributed by atoms with E-state index in [1.165, 1.54) is 44.1 Å². The van der Waals surface area contributed by atoms with Gasteiger partial charge in [0.25, 0.3) is 0 Å². The lowest BCUT2D eigenvalue weighted by Gasteiger charge is -2.28. The predicted octanol–water partition coefficient (Wildman–Crippen LogP) is 3.81. The first-order chi connectivity index (χ1) is 9.74. The number of anilines is 1. The van der Waals surface area contributed by atoms with Gasteiger partial charge < -0.3 is 5.32 Å². The van der Waals surface area contributed by atoms with E-state index >= 15 is 0 Å². The summed E-state index contributed by atoms with van der Waals surface area (Å²) >= 11 is 0. The largest absolute Gasteiger partial charge is 0.350 e. The minimum atomic E-state index is 0.543. The third-order valence-electron chi connectivity index (χ3n) is 4.36. The average molecular weight is 272 g/mol. The van der Waals surface area contributed by atoms with Crippen molar-refractivity contribution < 1.29 is 0 Å². The van der Waals surface area contributed by atoms with Crippen LogP contribution in [0.3, 0.4) is 0 Å². The molecular formula is C16H24N4. The summed E-state index contributed by atoms with van der Waals surface area (Å²) in [6.07, 6.45) is 9.91. The van der Waals surface area contributed by atoms with Crippen molar-refractivity contribution >= 4 is 11.6 Å². The van der Waals surface area contributed by atoms with E-state index in [0.29, 0.717) is 6.04 Å². The summed E-state index contributed by atoms with van der Waals surface area (Å²) in [5.74, 6) is 1.71. The molecule has 20 heavy (non-hydrogen) atoms. The van der Waals surface area contributed by atoms with Gasteiger partial charge in [0.1, 0.15) is 0 Å². The summed E-state index contributed by atoms with van der Waals surface area (Å²) in [4.78, 5) is 4.54. The van der Waals surface area contributed by atoms with Crippen molar-refractivity contribution in [3.8, 4) is 0 Å². The molecule has 2 aromatic heterocycles. The van der Waals surface area contributed by atoms with E-state index in [0.717, 1.165) is 17.5 Å². The van der Waals surface area contributed by atoms with Gasteiger partial charge in [0, 0.05) is 12.2 Å². The second kappa shape index (κ2) is 5.81. The summed E-state index contributed by atoms with van der Waals surface area (Å²) in [7, 11) is 0. The summed E-state index contributed by atoms with van der Waals surface area (Å²) in [5, 5.41) is 8.03. The first-order valence-corrected chi connectivity index (χ1v) is 7.84. The van der Waals surface area contributed by atoms with E-state index in [-0.39, 0.29) is 0 Å². The first kappa shape index (κ1) is 13.4. The highest BCUT2D eigenvalue weighted by Crippen LogP contribution is 2.29. The SMILES string of the molecule is CCCC1CCC(Nc2nc3ccc(C)cn3n2)CC1. The Labute approximate surface area is 120 Å². The van der Waals surface area contributed by atoms with Crippen LogP contribution in [0.25, 0.3) is 5.65 Å². The number of aromatic nitrogens is 3. The van der Waals surface area contributed by atoms with Crippen molar-refractivity contribution in [2.24, 2.45) is 5.92 Å². The third-order valence-corrected chi connectivity index (χ3v) is 4.36. The molecule has 2 heterocycles. The van der Waals surface area contributed by atoms with Crippen LogP contribution in [0.5, 0.6) is 0 Å². The van der Waals surface area contributed by atoms with Crippen LogP contribution in [0.15, 0.2) is 18.3 Å². The Morgan fingerprint density at radius 1 is 1.25 bits per heavy atom. The van der Waals surface area contributed by atoms with Crippen LogP contribution >= 0.6 is 0 Å². The monoisotopic (exact) mass is 272 g/mol. The van der Waals surface area contributed by atoms with Crippen LogP contribution in [-0.2, 0) is 0 Å². The molecule has 1 aliphatic rings. The topological polar surface area (TPSA) is 42.2 Å². The molecule has 4 heteroatoms. The van der Waals surface area contributed by atoms with Crippen molar-refractivity contribution in [2.75, 3.05) is 5.32 Å². The van der Waals surface area contributed by atoms with E-state index in [4.69, 9.17) is 0 Å². The summed E-state index contributed by atoms with van der Waals surface area (Å²) in [5.41, 5.74) is 2.12. The van der Waals surface area contributed by atoms with Crippen molar-refractivity contribution in [3.05, 3.63) is 23.9 Å². The van der Waals surface area contributed by atoms with Crippen LogP contribution in [0.2, 0.25) is 0 Å². The lowest BCUT2D eigenvalue weighted by Crippen LogP contribution is -2.26. The van der Waals surface area contributed by atoms with Gasteiger partial charge in [-0.2, -0.15) is 4.98 Å². The van der Waals surface area contributed by atoms with Crippen molar-refractivity contribution in [3.63, 3.8) is 0 Å². The standard InChI is InChI=1S/C16H24N4/c1-3-4-13-6-8-14(9-7-13)17-16-18-15-10-5-12(2)11-20(15)19-16/h5,10-11,13-14H,3-4,6-9H2,1-2H3,(H,17,19). The second-order valence-corrected chi connectivity index (χ2v) is 6.10. The van der Waals surface area contributed by atoms with Gasteiger partial charge in [-0.05, 0) is 50.2 Å². The quantitative estimate of drug-likeness (QED) is 0.920. The molecule has 1 fully saturated rings. The number of fused-ring (bicyclic) bond motifs is 1. The summed E-state index contributed by atoms with van der Waals surface area (Å²) in [6.45, 7) is 4.36. The highest BCUT2D eigenvalue weighted by molar-refractivity contribution is 5.44. The predicted molar refractivity (Wildman–Crippen MR) is 82.0 cm³/mol. The van der Waals surface area contributed by atoms with E-state index < -0.39 is 0 Å². The molecule has 0 radical (unpaired) electrons. The number of pyridine rings is 1. The van der Waals surface area contributed by atoms with Gasteiger partial charge in [0.2, 0.25) is 5.95 Å². The highest BCUT2D eigenvalue weighted by atomic mass is 15.3. The number of nitrogens with one attached hydrogen (secondary N) is 1. The Bertz CT molecular complexity index is 567. The zero-order valence-electron chi connectivity index (χ0n) is 12.5. The minimum absolute atomic E-state index is 0.543. The molecule has 1 aliphatic carbocycles. The van der Waals surface area contributed by atoms with E-state index in [1.807, 2.05) is 16.8 Å². The number of nitrogens with zero attached hydrogens (tertiary/aromatic N) is 3. The van der Waals surface area contributed by atoms with Gasteiger partial charge in [0.15, 0.2) is 5.65 Å². The Hall–Kier alpha value is -1.58. The molecule has 0 saturated heterocycles. The van der Waals surface area contributed by atoms with Crippen LogP contribution in [0.4, 0.5) is 5.95 Å². The molecule has 108 valence electrons. The first-order valence-electron chi connectivity index (χ1n) is 7.84. The Balaban J connectivity index is 1.62. The Kier molecular flexibility index (Phi) is 3.90. The van der Waals surface area contributed by atoms with Crippen LogP contribution in [-0.4, -0.2) is 20.6 Å². The molecule has 0 spiro atoms. The molecule has 0 atom stereocenters. The maximum atomic E-state index is 4.54. The van der Waals surface area contributed by atoms with Gasteiger partial charge in [-0.1, -0.05) is 25.8 Å². The van der Waals surface area contributed by atoms with E-state index in [1.54, 1.807) is 0 Å². The zero-order valence-corrected chi connectivity index (χ0v) is 12.5. The fraction of sp³-hybridized carbons (Fsp3) is 0.625. The smallest absolute Gasteiger partial charge is 0.243 e. The maximum absolute atomic E-state index is 4.54. The molecular weight excluding hydrogens is 248 g/mol. The number of aryl methyl sites for hydroxylation is 1. The van der Waals surface area contributed by atoms with Crippen LogP contribution in [0, 0.1) is 12.8 Å². The molecule has 0 amide bonds. The van der Waals surface area contributed by atoms with Crippen LogP contribution in [0.1, 0.15) is 51.0 Å². The molecule has 0 aliphatic heterocycles. The number of hydrogen-bond donors (Lipinski definition) is 1. The average Bonchev–Trinajstić information content (AvgIpc) is 2.82. The van der Waals surface area contributed by atoms with Gasteiger partial charge in [-0.15, -0.1) is 5.10 Å². The Morgan fingerprint density at radius 3 is 2.80 bits per heavy atom. The molecule has 0 aromatic carbocycles. The Morgan fingerprint density at radius 2 is 2.05 bits per heavy atom.